The summed E-state index contributed by atoms with van der Waals surface area (Å²) in [6, 6.07) is 18.6. The topological polar surface area (TPSA) is 137 Å². The van der Waals surface area contributed by atoms with E-state index in [1.165, 1.54) is 19.2 Å². The second-order valence-electron chi connectivity index (χ2n) is 8.41. The normalized spacial score (nSPS) is 11.8. The van der Waals surface area contributed by atoms with Crippen LogP contribution in [0.15, 0.2) is 60.7 Å². The number of carbonyl (C=O) groups is 2. The quantitative estimate of drug-likeness (QED) is 0.213. The number of nitro groups is 1. The molecule has 3 aromatic rings. The lowest BCUT2D eigenvalue weighted by Gasteiger charge is -2.15. The minimum atomic E-state index is -0.962. The Morgan fingerprint density at radius 1 is 1.03 bits per heavy atom. The number of amides is 1. The van der Waals surface area contributed by atoms with Crippen LogP contribution >= 0.6 is 0 Å². The van der Waals surface area contributed by atoms with E-state index in [4.69, 9.17) is 19.3 Å². The fraction of sp³-hybridized carbons (Fsp3) is 0.259. The van der Waals surface area contributed by atoms with Crippen LogP contribution in [0.5, 0.6) is 11.5 Å². The van der Waals surface area contributed by atoms with E-state index < -0.39 is 17.0 Å². The summed E-state index contributed by atoms with van der Waals surface area (Å²) in [4.78, 5) is 34.3. The number of nitro benzene ring substituents is 1. The fourth-order valence-electron chi connectivity index (χ4n) is 4.40. The highest BCUT2D eigenvalue weighted by molar-refractivity contribution is 5.79. The van der Waals surface area contributed by atoms with Crippen LogP contribution in [0.25, 0.3) is 11.1 Å². The number of nitrogens with zero attached hydrogens (tertiary/aromatic N) is 1. The molecule has 1 aliphatic carbocycles. The zero-order valence-electron chi connectivity index (χ0n) is 20.1. The van der Waals surface area contributed by atoms with Crippen LogP contribution in [0, 0.1) is 10.1 Å². The second kappa shape index (κ2) is 11.4. The average molecular weight is 507 g/mol. The van der Waals surface area contributed by atoms with Gasteiger partial charge in [-0.25, -0.2) is 4.79 Å². The molecule has 0 atom stereocenters. The molecule has 3 aromatic carbocycles. The maximum absolute atomic E-state index is 12.5. The first-order valence-corrected chi connectivity index (χ1v) is 11.7. The molecule has 4 rings (SSSR count). The number of methoxy groups -OCH3 is 1. The number of hydrogen-bond acceptors (Lipinski definition) is 7. The third kappa shape index (κ3) is 5.80. The van der Waals surface area contributed by atoms with Crippen molar-refractivity contribution in [2.24, 2.45) is 0 Å². The molecule has 10 nitrogen and oxygen atoms in total. The molecule has 0 bridgehead atoms. The number of nitrogens with one attached hydrogen (secondary N) is 1. The third-order valence-corrected chi connectivity index (χ3v) is 6.12. The lowest BCUT2D eigenvalue weighted by molar-refractivity contribution is -0.385. The number of hydrogen-bond donors (Lipinski definition) is 2. The molecule has 0 spiro atoms. The molecule has 0 radical (unpaired) electrons. The van der Waals surface area contributed by atoms with Crippen LogP contribution < -0.4 is 14.8 Å². The number of benzene rings is 3. The van der Waals surface area contributed by atoms with Crippen LogP contribution in [0.3, 0.4) is 0 Å². The number of ether oxygens (including phenoxy) is 3. The lowest BCUT2D eigenvalue weighted by Crippen LogP contribution is -2.26. The van der Waals surface area contributed by atoms with E-state index in [-0.39, 0.29) is 61.3 Å². The summed E-state index contributed by atoms with van der Waals surface area (Å²) >= 11 is 0. The molecule has 0 saturated heterocycles. The minimum absolute atomic E-state index is 0.0527. The first kappa shape index (κ1) is 25.5. The molecule has 0 heterocycles. The predicted octanol–water partition coefficient (Wildman–Crippen LogP) is 4.89. The lowest BCUT2D eigenvalue weighted by atomic mass is 9.98. The van der Waals surface area contributed by atoms with Gasteiger partial charge >= 0.3 is 12.1 Å². The smallest absolute Gasteiger partial charge is 0.407 e. The van der Waals surface area contributed by atoms with E-state index in [2.05, 4.69) is 5.32 Å². The first-order valence-electron chi connectivity index (χ1n) is 11.7. The van der Waals surface area contributed by atoms with Gasteiger partial charge in [-0.3, -0.25) is 14.9 Å². The summed E-state index contributed by atoms with van der Waals surface area (Å²) < 4.78 is 16.3. The van der Waals surface area contributed by atoms with Crippen molar-refractivity contribution in [3.05, 3.63) is 87.5 Å². The van der Waals surface area contributed by atoms with Crippen molar-refractivity contribution in [3.8, 4) is 22.6 Å². The number of carbonyl (C=O) groups excluding carboxylic acids is 1. The summed E-state index contributed by atoms with van der Waals surface area (Å²) in [5.41, 5.74) is 4.31. The molecule has 0 unspecified atom stereocenters. The second-order valence-corrected chi connectivity index (χ2v) is 8.41. The summed E-state index contributed by atoms with van der Waals surface area (Å²) in [6.45, 7) is 0.00813. The zero-order chi connectivity index (χ0) is 26.4. The molecular formula is C27H26N2O8. The summed E-state index contributed by atoms with van der Waals surface area (Å²) in [7, 11) is 1.38. The van der Waals surface area contributed by atoms with Gasteiger partial charge in [0.15, 0.2) is 11.5 Å². The van der Waals surface area contributed by atoms with E-state index >= 15 is 0 Å². The van der Waals surface area contributed by atoms with Gasteiger partial charge in [0.2, 0.25) is 0 Å². The van der Waals surface area contributed by atoms with Crippen LogP contribution in [0.2, 0.25) is 0 Å². The molecule has 37 heavy (non-hydrogen) atoms. The Labute approximate surface area is 212 Å². The standard InChI is InChI=1S/C27H26N2O8/c1-35-24-13-17(23(29(33)34)14-25(24)36-12-6-11-26(30)31)15-28-27(32)37-16-22-20-9-4-2-7-18(20)19-8-3-5-10-21(19)22/h2-5,7-10,13-14,22H,6,11-12,15-16H2,1H3,(H,28,32)(H,30,31). The van der Waals surface area contributed by atoms with Crippen LogP contribution in [0.4, 0.5) is 10.5 Å². The van der Waals surface area contributed by atoms with Gasteiger partial charge < -0.3 is 24.6 Å². The van der Waals surface area contributed by atoms with Crippen molar-refractivity contribution in [3.63, 3.8) is 0 Å². The Bertz CT molecular complexity index is 1280. The molecule has 0 saturated carbocycles. The Balaban J connectivity index is 1.41. The minimum Gasteiger partial charge on any atom is -0.493 e. The van der Waals surface area contributed by atoms with Gasteiger partial charge in [0.05, 0.1) is 36.8 Å². The summed E-state index contributed by atoms with van der Waals surface area (Å²) in [5, 5.41) is 23.0. The molecule has 0 aliphatic heterocycles. The number of aliphatic carboxylic acids is 1. The van der Waals surface area contributed by atoms with E-state index in [9.17, 15) is 19.7 Å². The summed E-state index contributed by atoms with van der Waals surface area (Å²) in [6.07, 6.45) is -0.562. The van der Waals surface area contributed by atoms with Crippen molar-refractivity contribution >= 4 is 17.7 Å². The van der Waals surface area contributed by atoms with Crippen molar-refractivity contribution < 1.29 is 33.8 Å². The van der Waals surface area contributed by atoms with E-state index in [1.807, 2.05) is 48.5 Å². The van der Waals surface area contributed by atoms with Crippen molar-refractivity contribution in [2.45, 2.75) is 25.3 Å². The van der Waals surface area contributed by atoms with Gasteiger partial charge in [-0.2, -0.15) is 0 Å². The number of rotatable bonds is 11. The van der Waals surface area contributed by atoms with E-state index in [1.54, 1.807) is 0 Å². The predicted molar refractivity (Wildman–Crippen MR) is 134 cm³/mol. The van der Waals surface area contributed by atoms with Crippen LogP contribution in [0.1, 0.15) is 35.4 Å². The number of carboxylic acid groups (broad SMARTS) is 1. The molecular weight excluding hydrogens is 480 g/mol. The monoisotopic (exact) mass is 506 g/mol. The van der Waals surface area contributed by atoms with Gasteiger partial charge in [0.1, 0.15) is 6.61 Å². The Morgan fingerprint density at radius 2 is 1.68 bits per heavy atom. The Kier molecular flexibility index (Phi) is 7.87. The largest absolute Gasteiger partial charge is 0.493 e. The maximum atomic E-state index is 12.5. The van der Waals surface area contributed by atoms with E-state index in [0.717, 1.165) is 22.3 Å². The van der Waals surface area contributed by atoms with E-state index in [0.29, 0.717) is 0 Å². The Hall–Kier alpha value is -4.60. The fourth-order valence-corrected chi connectivity index (χ4v) is 4.40. The average Bonchev–Trinajstić information content (AvgIpc) is 3.22. The molecule has 0 aromatic heterocycles. The highest BCUT2D eigenvalue weighted by Gasteiger charge is 2.29. The van der Waals surface area contributed by atoms with Gasteiger partial charge in [-0.1, -0.05) is 48.5 Å². The Morgan fingerprint density at radius 3 is 2.27 bits per heavy atom. The molecule has 1 aliphatic rings. The number of alkyl carbamates (subject to hydrolysis) is 1. The highest BCUT2D eigenvalue weighted by atomic mass is 16.6. The number of fused-ring (bicyclic) bond motifs is 3. The molecule has 192 valence electrons. The van der Waals surface area contributed by atoms with Gasteiger partial charge in [-0.15, -0.1) is 0 Å². The van der Waals surface area contributed by atoms with Crippen molar-refractivity contribution in [1.82, 2.24) is 5.32 Å². The highest BCUT2D eigenvalue weighted by Crippen LogP contribution is 2.44. The van der Waals surface area contributed by atoms with Gasteiger partial charge in [0, 0.05) is 12.3 Å². The van der Waals surface area contributed by atoms with Crippen LogP contribution in [-0.2, 0) is 16.1 Å². The van der Waals surface area contributed by atoms with Gasteiger partial charge in [0.25, 0.3) is 5.69 Å². The maximum Gasteiger partial charge on any atom is 0.407 e. The first-order chi connectivity index (χ1) is 17.9. The third-order valence-electron chi connectivity index (χ3n) is 6.12. The van der Waals surface area contributed by atoms with Crippen molar-refractivity contribution in [2.75, 3.05) is 20.3 Å². The number of carboxylic acids is 1. The summed E-state index contributed by atoms with van der Waals surface area (Å²) in [5.74, 6) is -0.726. The molecule has 10 heteroatoms. The van der Waals surface area contributed by atoms with Crippen molar-refractivity contribution in [1.29, 1.82) is 0 Å². The molecule has 2 N–H and O–H groups in total. The van der Waals surface area contributed by atoms with Gasteiger partial charge in [-0.05, 0) is 34.7 Å². The van der Waals surface area contributed by atoms with Crippen LogP contribution in [-0.4, -0.2) is 42.4 Å². The molecule has 0 fully saturated rings. The SMILES string of the molecule is COc1cc(CNC(=O)OCC2c3ccccc3-c3ccccc32)c([N+](=O)[O-])cc1OCCCC(=O)O. The molecule has 1 amide bonds. The zero-order valence-corrected chi connectivity index (χ0v) is 20.1.